The lowest BCUT2D eigenvalue weighted by molar-refractivity contribution is -0.141. The number of hydrogen-bond acceptors (Lipinski definition) is 6. The van der Waals surface area contributed by atoms with Gasteiger partial charge in [-0.15, -0.1) is 5.10 Å². The van der Waals surface area contributed by atoms with Gasteiger partial charge in [0.25, 0.3) is 5.91 Å². The van der Waals surface area contributed by atoms with Gasteiger partial charge in [0.2, 0.25) is 5.91 Å². The molecule has 3 heterocycles. The highest BCUT2D eigenvalue weighted by molar-refractivity contribution is 9.10. The molecule has 3 aromatic carbocycles. The van der Waals surface area contributed by atoms with E-state index in [1.807, 2.05) is 69.4 Å². The Kier molecular flexibility index (Phi) is 8.21. The van der Waals surface area contributed by atoms with Crippen LogP contribution >= 0.6 is 15.9 Å². The van der Waals surface area contributed by atoms with Crippen molar-refractivity contribution in [3.63, 3.8) is 0 Å². The average Bonchev–Trinajstić information content (AvgIpc) is 3.57. The van der Waals surface area contributed by atoms with Crippen LogP contribution in [-0.4, -0.2) is 79.3 Å². The summed E-state index contributed by atoms with van der Waals surface area (Å²) in [5, 5.41) is 13.4. The van der Waals surface area contributed by atoms with Gasteiger partial charge in [0.1, 0.15) is 17.9 Å². The van der Waals surface area contributed by atoms with E-state index < -0.39 is 17.5 Å². The standard InChI is InChI=1S/C33H35BrFN7O3/c1-20-15-39(16-21(2)40(20)17-27-18-42(38-37-27)22(3)28-12-11-26(34)14-29(28)35)30(43)19-41-31(44)33(4,36-32(41)45)25-10-9-23-7-5-6-8-24(23)13-25/h5-14,18,20-22H,15-17,19H2,1-4H3,(H,36,45)/t20-,21+,22-,33?/m0/s1. The maximum atomic E-state index is 14.5. The van der Waals surface area contributed by atoms with Crippen molar-refractivity contribution in [2.75, 3.05) is 19.6 Å². The second kappa shape index (κ2) is 12.0. The first-order chi connectivity index (χ1) is 21.4. The number of halogens is 2. The number of carbonyl (C=O) groups excluding carboxylic acids is 3. The minimum absolute atomic E-state index is 0.0184. The number of imide groups is 1. The molecule has 2 aliphatic heterocycles. The molecular formula is C33H35BrFN7O3. The van der Waals surface area contributed by atoms with E-state index in [1.165, 1.54) is 6.07 Å². The predicted octanol–water partition coefficient (Wildman–Crippen LogP) is 4.83. The van der Waals surface area contributed by atoms with Gasteiger partial charge in [0, 0.05) is 41.8 Å². The summed E-state index contributed by atoms with van der Waals surface area (Å²) in [6, 6.07) is 17.5. The van der Waals surface area contributed by atoms with Gasteiger partial charge in [0.05, 0.1) is 17.9 Å². The van der Waals surface area contributed by atoms with E-state index in [-0.39, 0.29) is 36.4 Å². The Morgan fingerprint density at radius 2 is 1.78 bits per heavy atom. The zero-order valence-corrected chi connectivity index (χ0v) is 27.2. The molecule has 1 N–H and O–H groups in total. The molecule has 1 aromatic heterocycles. The summed E-state index contributed by atoms with van der Waals surface area (Å²) in [6.45, 7) is 8.67. The zero-order chi connectivity index (χ0) is 32.0. The molecular weight excluding hydrogens is 641 g/mol. The van der Waals surface area contributed by atoms with Crippen molar-refractivity contribution in [2.45, 2.75) is 57.9 Å². The Labute approximate surface area is 269 Å². The van der Waals surface area contributed by atoms with Crippen LogP contribution < -0.4 is 5.32 Å². The molecule has 4 aromatic rings. The molecule has 4 atom stereocenters. The van der Waals surface area contributed by atoms with E-state index in [0.717, 1.165) is 21.4 Å². The van der Waals surface area contributed by atoms with Crippen molar-refractivity contribution in [1.29, 1.82) is 0 Å². The van der Waals surface area contributed by atoms with Gasteiger partial charge in [0.15, 0.2) is 0 Å². The van der Waals surface area contributed by atoms with E-state index in [2.05, 4.69) is 36.5 Å². The molecule has 45 heavy (non-hydrogen) atoms. The molecule has 2 fully saturated rings. The van der Waals surface area contributed by atoms with Crippen LogP contribution in [0, 0.1) is 5.82 Å². The molecule has 2 aliphatic rings. The van der Waals surface area contributed by atoms with Gasteiger partial charge in [-0.25, -0.2) is 13.9 Å². The van der Waals surface area contributed by atoms with Gasteiger partial charge in [-0.2, -0.15) is 0 Å². The van der Waals surface area contributed by atoms with Crippen molar-refractivity contribution in [2.24, 2.45) is 0 Å². The highest BCUT2D eigenvalue weighted by Gasteiger charge is 2.50. The van der Waals surface area contributed by atoms with Crippen molar-refractivity contribution in [3.05, 3.63) is 94.0 Å². The summed E-state index contributed by atoms with van der Waals surface area (Å²) in [5.74, 6) is -1.05. The Balaban J connectivity index is 1.09. The molecule has 234 valence electrons. The van der Waals surface area contributed by atoms with Crippen molar-refractivity contribution >= 4 is 44.5 Å². The van der Waals surface area contributed by atoms with Crippen molar-refractivity contribution < 1.29 is 18.8 Å². The number of benzene rings is 3. The van der Waals surface area contributed by atoms with Gasteiger partial charge >= 0.3 is 6.03 Å². The molecule has 10 nitrogen and oxygen atoms in total. The summed E-state index contributed by atoms with van der Waals surface area (Å²) in [5.41, 5.74) is 0.661. The third kappa shape index (κ3) is 5.84. The van der Waals surface area contributed by atoms with Gasteiger partial charge in [-0.1, -0.05) is 63.6 Å². The lowest BCUT2D eigenvalue weighted by Gasteiger charge is -2.44. The van der Waals surface area contributed by atoms with E-state index in [1.54, 1.807) is 28.6 Å². The largest absolute Gasteiger partial charge is 0.338 e. The molecule has 12 heteroatoms. The molecule has 1 unspecified atom stereocenters. The SMILES string of the molecule is C[C@@H]1CN(C(=O)CN2C(=O)NC(C)(c3ccc4ccccc4c3)C2=O)C[C@H](C)N1Cc1cn([C@@H](C)c2ccc(Br)cc2F)nn1. The number of hydrogen-bond donors (Lipinski definition) is 1. The Bertz CT molecular complexity index is 1780. The third-order valence-corrected chi connectivity index (χ3v) is 9.55. The van der Waals surface area contributed by atoms with Gasteiger partial charge in [-0.3, -0.25) is 19.4 Å². The van der Waals surface area contributed by atoms with Crippen LogP contribution in [-0.2, 0) is 21.7 Å². The summed E-state index contributed by atoms with van der Waals surface area (Å²) < 4.78 is 16.9. The monoisotopic (exact) mass is 675 g/mol. The Hall–Kier alpha value is -4.16. The molecule has 0 spiro atoms. The smallest absolute Gasteiger partial charge is 0.325 e. The fourth-order valence-corrected chi connectivity index (χ4v) is 6.72. The number of nitrogens with one attached hydrogen (secondary N) is 1. The van der Waals surface area contributed by atoms with Crippen LogP contribution in [0.1, 0.15) is 50.6 Å². The minimum atomic E-state index is -1.27. The molecule has 0 bridgehead atoms. The molecule has 4 amide bonds. The maximum Gasteiger partial charge on any atom is 0.325 e. The first-order valence-electron chi connectivity index (χ1n) is 15.0. The summed E-state index contributed by atoms with van der Waals surface area (Å²) in [7, 11) is 0. The molecule has 0 saturated carbocycles. The highest BCUT2D eigenvalue weighted by Crippen LogP contribution is 2.31. The third-order valence-electron chi connectivity index (χ3n) is 9.06. The van der Waals surface area contributed by atoms with Crippen LogP contribution in [0.5, 0.6) is 0 Å². The van der Waals surface area contributed by atoms with E-state index >= 15 is 0 Å². The highest BCUT2D eigenvalue weighted by atomic mass is 79.9. The first-order valence-corrected chi connectivity index (χ1v) is 15.8. The number of fused-ring (bicyclic) bond motifs is 1. The van der Waals surface area contributed by atoms with E-state index in [9.17, 15) is 18.8 Å². The topological polar surface area (TPSA) is 104 Å². The van der Waals surface area contributed by atoms with Gasteiger partial charge < -0.3 is 10.2 Å². The summed E-state index contributed by atoms with van der Waals surface area (Å²) >= 11 is 3.29. The number of urea groups is 1. The quantitative estimate of drug-likeness (QED) is 0.282. The van der Waals surface area contributed by atoms with Crippen LogP contribution in [0.4, 0.5) is 9.18 Å². The summed E-state index contributed by atoms with van der Waals surface area (Å²) in [4.78, 5) is 45.0. The van der Waals surface area contributed by atoms with Crippen LogP contribution in [0.2, 0.25) is 0 Å². The van der Waals surface area contributed by atoms with Crippen LogP contribution in [0.25, 0.3) is 10.8 Å². The maximum absolute atomic E-state index is 14.5. The number of amides is 4. The molecule has 0 radical (unpaired) electrons. The van der Waals surface area contributed by atoms with Crippen molar-refractivity contribution in [1.82, 2.24) is 35.0 Å². The number of rotatable bonds is 7. The Morgan fingerprint density at radius 3 is 2.49 bits per heavy atom. The van der Waals surface area contributed by atoms with E-state index in [4.69, 9.17) is 0 Å². The van der Waals surface area contributed by atoms with Gasteiger partial charge in [-0.05, 0) is 62.2 Å². The second-order valence-corrected chi connectivity index (χ2v) is 13.1. The minimum Gasteiger partial charge on any atom is -0.338 e. The summed E-state index contributed by atoms with van der Waals surface area (Å²) in [6.07, 6.45) is 1.83. The zero-order valence-electron chi connectivity index (χ0n) is 25.6. The molecule has 6 rings (SSSR count). The fourth-order valence-electron chi connectivity index (χ4n) is 6.39. The predicted molar refractivity (Wildman–Crippen MR) is 171 cm³/mol. The number of piperazine rings is 1. The van der Waals surface area contributed by atoms with Crippen LogP contribution in [0.3, 0.4) is 0 Å². The Morgan fingerprint density at radius 1 is 1.07 bits per heavy atom. The number of nitrogens with zero attached hydrogens (tertiary/aromatic N) is 6. The average molecular weight is 677 g/mol. The number of carbonyl (C=O) groups is 3. The van der Waals surface area contributed by atoms with Crippen LogP contribution in [0.15, 0.2) is 71.3 Å². The molecule has 0 aliphatic carbocycles. The van der Waals surface area contributed by atoms with E-state index in [0.29, 0.717) is 35.2 Å². The number of aromatic nitrogens is 3. The van der Waals surface area contributed by atoms with Crippen molar-refractivity contribution in [3.8, 4) is 0 Å². The lowest BCUT2D eigenvalue weighted by Crippen LogP contribution is -2.59. The lowest BCUT2D eigenvalue weighted by atomic mass is 9.90. The second-order valence-electron chi connectivity index (χ2n) is 12.2. The fraction of sp³-hybridized carbons (Fsp3) is 0.364. The molecule has 2 saturated heterocycles. The normalized spacial score (nSPS) is 23.1. The first kappa shape index (κ1) is 30.8.